The molecule has 142 valence electrons. The molecule has 0 amide bonds. The largest absolute Gasteiger partial charge is 0.474 e. The molecule has 28 heavy (non-hydrogen) atoms. The van der Waals surface area contributed by atoms with Gasteiger partial charge in [-0.2, -0.15) is 0 Å². The van der Waals surface area contributed by atoms with Crippen LogP contribution in [0.4, 0.5) is 5.69 Å². The number of para-hydroxylation sites is 1. The van der Waals surface area contributed by atoms with Gasteiger partial charge in [-0.3, -0.25) is 20.4 Å². The Morgan fingerprint density at radius 2 is 2.04 bits per heavy atom. The van der Waals surface area contributed by atoms with Crippen LogP contribution in [0.3, 0.4) is 0 Å². The quantitative estimate of drug-likeness (QED) is 0.532. The van der Waals surface area contributed by atoms with Gasteiger partial charge in [0.1, 0.15) is 5.75 Å². The summed E-state index contributed by atoms with van der Waals surface area (Å²) in [5.74, 6) is 0.787. The predicted molar refractivity (Wildman–Crippen MR) is 109 cm³/mol. The highest BCUT2D eigenvalue weighted by molar-refractivity contribution is 5.85. The van der Waals surface area contributed by atoms with Crippen molar-refractivity contribution in [1.29, 1.82) is 0 Å². The van der Waals surface area contributed by atoms with Gasteiger partial charge < -0.3 is 4.74 Å². The zero-order chi connectivity index (χ0) is 19.5. The van der Waals surface area contributed by atoms with Gasteiger partial charge in [0, 0.05) is 30.1 Å². The van der Waals surface area contributed by atoms with Crippen LogP contribution >= 0.6 is 0 Å². The molecule has 1 unspecified atom stereocenters. The zero-order valence-corrected chi connectivity index (χ0v) is 15.6. The van der Waals surface area contributed by atoms with Gasteiger partial charge in [0.25, 0.3) is 5.69 Å². The van der Waals surface area contributed by atoms with E-state index in [1.54, 1.807) is 12.1 Å². The zero-order valence-electron chi connectivity index (χ0n) is 15.6. The van der Waals surface area contributed by atoms with Gasteiger partial charge in [-0.15, -0.1) is 0 Å². The van der Waals surface area contributed by atoms with Crippen LogP contribution in [0.1, 0.15) is 24.1 Å². The molecule has 1 atom stereocenters. The maximum Gasteiger partial charge on any atom is 0.276 e. The Morgan fingerprint density at radius 1 is 1.18 bits per heavy atom. The van der Waals surface area contributed by atoms with Crippen LogP contribution in [0, 0.1) is 17.0 Å². The molecule has 1 aromatic heterocycles. The molecule has 1 saturated heterocycles. The number of ether oxygens (including phenoxy) is 1. The van der Waals surface area contributed by atoms with Crippen molar-refractivity contribution in [3.05, 3.63) is 81.5 Å². The summed E-state index contributed by atoms with van der Waals surface area (Å²) >= 11 is 0. The molecule has 3 aromatic rings. The Balaban J connectivity index is 1.56. The summed E-state index contributed by atoms with van der Waals surface area (Å²) in [7, 11) is 0. The number of pyridine rings is 1. The highest BCUT2D eigenvalue weighted by atomic mass is 16.6. The Hall–Kier alpha value is -3.25. The molecule has 0 aliphatic carbocycles. The van der Waals surface area contributed by atoms with E-state index in [0.717, 1.165) is 40.9 Å². The monoisotopic (exact) mass is 375 g/mol. The molecule has 1 aliphatic heterocycles. The summed E-state index contributed by atoms with van der Waals surface area (Å²) in [5.41, 5.74) is 3.76. The summed E-state index contributed by atoms with van der Waals surface area (Å²) in [6, 6.07) is 16.7. The molecule has 2 heterocycles. The average molecular weight is 375 g/mol. The van der Waals surface area contributed by atoms with E-state index in [9.17, 15) is 10.1 Å². The first-order valence-corrected chi connectivity index (χ1v) is 9.29. The van der Waals surface area contributed by atoms with Crippen molar-refractivity contribution >= 4 is 22.7 Å². The van der Waals surface area contributed by atoms with Gasteiger partial charge in [-0.1, -0.05) is 23.8 Å². The number of nitro groups is 1. The lowest BCUT2D eigenvalue weighted by Crippen LogP contribution is -2.39. The van der Waals surface area contributed by atoms with Crippen molar-refractivity contribution in [1.82, 2.24) is 10.3 Å². The Bertz CT molecular complexity index is 1060. The van der Waals surface area contributed by atoms with E-state index in [-0.39, 0.29) is 16.8 Å². The van der Waals surface area contributed by atoms with E-state index in [0.29, 0.717) is 12.0 Å². The minimum atomic E-state index is -0.341. The third-order valence-electron chi connectivity index (χ3n) is 4.86. The number of nitro benzene ring substituents is 1. The fraction of sp³-hybridized carbons (Fsp3) is 0.227. The third-order valence-corrected chi connectivity index (χ3v) is 4.86. The van der Waals surface area contributed by atoms with Crippen molar-refractivity contribution < 1.29 is 9.66 Å². The van der Waals surface area contributed by atoms with E-state index in [2.05, 4.69) is 10.3 Å². The molecule has 2 aromatic carbocycles. The maximum absolute atomic E-state index is 11.3. The smallest absolute Gasteiger partial charge is 0.276 e. The van der Waals surface area contributed by atoms with E-state index in [1.165, 1.54) is 6.07 Å². The third kappa shape index (κ3) is 3.87. The Morgan fingerprint density at radius 3 is 2.89 bits per heavy atom. The lowest BCUT2D eigenvalue weighted by Gasteiger charge is -2.27. The molecule has 4 rings (SSSR count). The van der Waals surface area contributed by atoms with Gasteiger partial charge in [-0.05, 0) is 49.8 Å². The van der Waals surface area contributed by atoms with Crippen LogP contribution in [0.25, 0.3) is 17.0 Å². The average Bonchev–Trinajstić information content (AvgIpc) is 2.68. The Kier molecular flexibility index (Phi) is 5.04. The van der Waals surface area contributed by atoms with Crippen molar-refractivity contribution in [3.63, 3.8) is 0 Å². The Labute approximate surface area is 163 Å². The lowest BCUT2D eigenvalue weighted by molar-refractivity contribution is -0.385. The van der Waals surface area contributed by atoms with Gasteiger partial charge in [-0.25, -0.2) is 0 Å². The highest BCUT2D eigenvalue weighted by Gasteiger charge is 2.20. The first-order valence-electron chi connectivity index (χ1n) is 9.29. The predicted octanol–water partition coefficient (Wildman–Crippen LogP) is 4.62. The van der Waals surface area contributed by atoms with E-state index < -0.39 is 0 Å². The molecule has 0 saturated carbocycles. The number of hydrogen-bond acceptors (Lipinski definition) is 5. The van der Waals surface area contributed by atoms with Crippen molar-refractivity contribution in [2.24, 2.45) is 0 Å². The number of aromatic nitrogens is 1. The second-order valence-electron chi connectivity index (χ2n) is 6.91. The topological polar surface area (TPSA) is 77.3 Å². The number of nitrogens with zero attached hydrogens (tertiary/aromatic N) is 2. The van der Waals surface area contributed by atoms with E-state index in [1.807, 2.05) is 49.4 Å². The van der Waals surface area contributed by atoms with Crippen LogP contribution in [0.15, 0.2) is 60.2 Å². The summed E-state index contributed by atoms with van der Waals surface area (Å²) in [5, 5.41) is 15.6. The number of nitrogens with one attached hydrogen (secondary N) is 1. The second-order valence-corrected chi connectivity index (χ2v) is 6.91. The number of benzene rings is 2. The van der Waals surface area contributed by atoms with Crippen LogP contribution in [0.2, 0.25) is 0 Å². The van der Waals surface area contributed by atoms with E-state index >= 15 is 0 Å². The normalized spacial score (nSPS) is 18.3. The van der Waals surface area contributed by atoms with Crippen molar-refractivity contribution in [2.45, 2.75) is 26.0 Å². The molecule has 1 aliphatic rings. The standard InChI is InChI=1S/C22H21N3O3/c1-15-9-10-18-19(24-15)6-4-8-21(18)28-22-14-16(11-12-23-22)13-17-5-2-3-7-20(17)25(26)27/h2-10,13,22-23H,11-12,14H2,1H3. The minimum Gasteiger partial charge on any atom is -0.474 e. The highest BCUT2D eigenvalue weighted by Crippen LogP contribution is 2.29. The van der Waals surface area contributed by atoms with Crippen molar-refractivity contribution in [3.8, 4) is 5.75 Å². The SMILES string of the molecule is Cc1ccc2c(OC3CC(=Cc4ccccc4[N+](=O)[O-])CCN3)cccc2n1. The number of hydrogen-bond donors (Lipinski definition) is 1. The number of piperidine rings is 1. The maximum atomic E-state index is 11.3. The second kappa shape index (κ2) is 7.78. The van der Waals surface area contributed by atoms with Crippen LogP contribution in [0.5, 0.6) is 5.75 Å². The summed E-state index contributed by atoms with van der Waals surface area (Å²) in [6.45, 7) is 2.73. The van der Waals surface area contributed by atoms with Crippen LogP contribution in [-0.2, 0) is 0 Å². The molecular formula is C22H21N3O3. The first kappa shape index (κ1) is 18.1. The van der Waals surface area contributed by atoms with Crippen LogP contribution in [-0.4, -0.2) is 22.7 Å². The molecule has 6 heteroatoms. The summed E-state index contributed by atoms with van der Waals surface area (Å²) in [4.78, 5) is 15.5. The molecule has 1 N–H and O–H groups in total. The van der Waals surface area contributed by atoms with Gasteiger partial charge >= 0.3 is 0 Å². The molecule has 0 bridgehead atoms. The summed E-state index contributed by atoms with van der Waals surface area (Å²) < 4.78 is 6.23. The van der Waals surface area contributed by atoms with Crippen molar-refractivity contribution in [2.75, 3.05) is 6.54 Å². The van der Waals surface area contributed by atoms with Gasteiger partial charge in [0.2, 0.25) is 0 Å². The van der Waals surface area contributed by atoms with E-state index in [4.69, 9.17) is 4.74 Å². The number of fused-ring (bicyclic) bond motifs is 1. The fourth-order valence-electron chi connectivity index (χ4n) is 3.50. The summed E-state index contributed by atoms with van der Waals surface area (Å²) in [6.07, 6.45) is 3.24. The fourth-order valence-corrected chi connectivity index (χ4v) is 3.50. The molecule has 0 radical (unpaired) electrons. The number of aryl methyl sites for hydroxylation is 1. The molecule has 0 spiro atoms. The van der Waals surface area contributed by atoms with Crippen LogP contribution < -0.4 is 10.1 Å². The van der Waals surface area contributed by atoms with Gasteiger partial charge in [0.15, 0.2) is 6.23 Å². The lowest BCUT2D eigenvalue weighted by atomic mass is 10.00. The first-order chi connectivity index (χ1) is 13.6. The molecular weight excluding hydrogens is 354 g/mol. The number of rotatable bonds is 4. The minimum absolute atomic E-state index is 0.126. The molecule has 6 nitrogen and oxygen atoms in total. The van der Waals surface area contributed by atoms with Gasteiger partial charge in [0.05, 0.1) is 16.0 Å². The molecule has 1 fully saturated rings.